The summed E-state index contributed by atoms with van der Waals surface area (Å²) in [7, 11) is 0. The summed E-state index contributed by atoms with van der Waals surface area (Å²) < 4.78 is 0. The fourth-order valence-corrected chi connectivity index (χ4v) is 0.0241. The number of hydrogen-bond donors (Lipinski definition) is 0. The zero-order valence-corrected chi connectivity index (χ0v) is 12.7. The molecule has 0 radical (unpaired) electrons. The van der Waals surface area contributed by atoms with Gasteiger partial charge in [-0.1, -0.05) is 0 Å². The van der Waals surface area contributed by atoms with Crippen LogP contribution in [0.2, 0.25) is 0 Å². The molecule has 0 bridgehead atoms. The van der Waals surface area contributed by atoms with Gasteiger partial charge < -0.3 is 9.59 Å². The van der Waals surface area contributed by atoms with Gasteiger partial charge >= 0.3 is 0 Å². The van der Waals surface area contributed by atoms with Crippen LogP contribution in [-0.2, 0) is 9.59 Å². The fraction of sp³-hybridized carbons (Fsp3) is 0.500. The van der Waals surface area contributed by atoms with Gasteiger partial charge in [-0.2, -0.15) is 0 Å². The third-order valence-electron chi connectivity index (χ3n) is 0.354. The molecule has 0 rings (SSSR count). The topological polar surface area (TPSA) is 34.1 Å². The van der Waals surface area contributed by atoms with Crippen LogP contribution in [0.1, 0.15) is 6.92 Å². The Labute approximate surface area is 95.9 Å². The second-order valence-electron chi connectivity index (χ2n) is 0.957. The Morgan fingerprint density at radius 2 is 1.38 bits per heavy atom. The van der Waals surface area contributed by atoms with E-state index in [1.165, 1.54) is 19.5 Å². The first-order valence-electron chi connectivity index (χ1n) is 1.56. The molecule has 0 amide bonds. The Kier molecular flexibility index (Phi) is 22.8. The zero-order chi connectivity index (χ0) is 4.99. The summed E-state index contributed by atoms with van der Waals surface area (Å²) in [6.07, 6.45) is 2.88. The first kappa shape index (κ1) is 16.2. The molecule has 0 saturated heterocycles. The van der Waals surface area contributed by atoms with E-state index in [4.69, 9.17) is 0 Å². The molecule has 0 heterocycles. The van der Waals surface area contributed by atoms with Crippen LogP contribution < -0.4 is 0 Å². The maximum Gasteiger partial charge on any atom is 0 e. The van der Waals surface area contributed by atoms with Crippen molar-refractivity contribution in [3.8, 4) is 0 Å². The third-order valence-corrected chi connectivity index (χ3v) is 0.354. The summed E-state index contributed by atoms with van der Waals surface area (Å²) in [6.45, 7) is 1.43. The molecule has 0 aliphatic rings. The average Bonchev–Trinajstić information content (AvgIpc) is 1.65. The van der Waals surface area contributed by atoms with Crippen LogP contribution in [0.3, 0.4) is 0 Å². The van der Waals surface area contributed by atoms with E-state index >= 15 is 0 Å². The molecular formula is C4H4O2U2-2. The minimum absolute atomic E-state index is 0. The van der Waals surface area contributed by atoms with E-state index < -0.39 is 5.92 Å². The van der Waals surface area contributed by atoms with Gasteiger partial charge in [-0.25, -0.2) is 5.92 Å². The van der Waals surface area contributed by atoms with E-state index in [1.54, 1.807) is 0 Å². The Hall–Kier alpha value is 1.44. The second kappa shape index (κ2) is 11.3. The van der Waals surface area contributed by atoms with Crippen LogP contribution >= 0.6 is 0 Å². The van der Waals surface area contributed by atoms with E-state index in [1.807, 2.05) is 0 Å². The monoisotopic (exact) mass is 560 g/mol. The number of hydrogen-bond acceptors (Lipinski definition) is 2. The third kappa shape index (κ3) is 10.4. The summed E-state index contributed by atoms with van der Waals surface area (Å²) in [5, 5.41) is 0. The van der Waals surface area contributed by atoms with Gasteiger partial charge in [0, 0.05) is 62.2 Å². The maximum atomic E-state index is 9.35. The smallest absolute Gasteiger partial charge is 0 e. The van der Waals surface area contributed by atoms with E-state index in [2.05, 4.69) is 0 Å². The predicted molar refractivity (Wildman–Crippen MR) is 20.6 cm³/mol. The molecule has 0 aromatic rings. The Morgan fingerprint density at radius 1 is 1.12 bits per heavy atom. The molecule has 0 aliphatic carbocycles. The summed E-state index contributed by atoms with van der Waals surface area (Å²) >= 11 is 0. The van der Waals surface area contributed by atoms with Gasteiger partial charge in [-0.3, -0.25) is 12.6 Å². The Balaban J connectivity index is -0.000000125. The van der Waals surface area contributed by atoms with Gasteiger partial charge in [0.15, 0.2) is 0 Å². The van der Waals surface area contributed by atoms with Crippen LogP contribution in [-0.4, -0.2) is 12.6 Å². The van der Waals surface area contributed by atoms with E-state index in [9.17, 15) is 9.59 Å². The zero-order valence-electron chi connectivity index (χ0n) is 4.39. The molecule has 0 aromatic heterocycles. The largest absolute Gasteiger partial charge is 0.544 e. The minimum atomic E-state index is -0.676. The molecule has 0 N–H and O–H groups in total. The molecule has 0 aliphatic heterocycles. The Bertz CT molecular complexity index is 57.1. The fourth-order valence-electron chi connectivity index (χ4n) is 0.0241. The first-order chi connectivity index (χ1) is 2.81. The van der Waals surface area contributed by atoms with E-state index in [0.29, 0.717) is 0 Å². The van der Waals surface area contributed by atoms with Crippen molar-refractivity contribution in [3.05, 3.63) is 0 Å². The van der Waals surface area contributed by atoms with Gasteiger partial charge in [0.25, 0.3) is 0 Å². The number of rotatable bonds is 2. The molecule has 8 heavy (non-hydrogen) atoms. The van der Waals surface area contributed by atoms with Gasteiger partial charge in [-0.05, 0) is 0 Å². The summed E-state index contributed by atoms with van der Waals surface area (Å²) in [4.78, 5) is 18.7. The first-order valence-corrected chi connectivity index (χ1v) is 1.56. The second-order valence-corrected chi connectivity index (χ2v) is 0.957. The van der Waals surface area contributed by atoms with Crippen LogP contribution in [0, 0.1) is 68.1 Å². The normalized spacial score (nSPS) is 6.25. The van der Waals surface area contributed by atoms with Gasteiger partial charge in [0.05, 0.1) is 0 Å². The average molecular weight is 560 g/mol. The molecule has 4 heteroatoms. The van der Waals surface area contributed by atoms with Crippen molar-refractivity contribution < 1.29 is 71.8 Å². The van der Waals surface area contributed by atoms with Crippen molar-refractivity contribution in [1.29, 1.82) is 0 Å². The van der Waals surface area contributed by atoms with Crippen molar-refractivity contribution in [2.75, 3.05) is 0 Å². The SMILES string of the molecule is CC([C-]=O)[C-]=O.[U].[U]. The molecule has 0 aromatic carbocycles. The molecule has 0 unspecified atom stereocenters. The maximum absolute atomic E-state index is 9.35. The van der Waals surface area contributed by atoms with Crippen molar-refractivity contribution in [2.24, 2.45) is 5.92 Å². The molecule has 0 fully saturated rings. The van der Waals surface area contributed by atoms with Crippen LogP contribution in [0.4, 0.5) is 0 Å². The molecule has 0 atom stereocenters. The molecular weight excluding hydrogens is 556 g/mol. The summed E-state index contributed by atoms with van der Waals surface area (Å²) in [5.41, 5.74) is 0. The van der Waals surface area contributed by atoms with Gasteiger partial charge in [0.2, 0.25) is 0 Å². The quantitative estimate of drug-likeness (QED) is 0.348. The van der Waals surface area contributed by atoms with Crippen LogP contribution in [0.25, 0.3) is 0 Å². The summed E-state index contributed by atoms with van der Waals surface area (Å²) in [5.74, 6) is -0.676. The molecule has 0 saturated carbocycles. The van der Waals surface area contributed by atoms with Crippen LogP contribution in [0.5, 0.6) is 0 Å². The van der Waals surface area contributed by atoms with Gasteiger partial charge in [-0.15, -0.1) is 6.92 Å². The van der Waals surface area contributed by atoms with Crippen LogP contribution in [0.15, 0.2) is 0 Å². The van der Waals surface area contributed by atoms with Crippen molar-refractivity contribution >= 4 is 12.6 Å². The summed E-state index contributed by atoms with van der Waals surface area (Å²) in [6, 6.07) is 0. The van der Waals surface area contributed by atoms with Gasteiger partial charge in [0.1, 0.15) is 0 Å². The minimum Gasteiger partial charge on any atom is -0.544 e. The van der Waals surface area contributed by atoms with Crippen molar-refractivity contribution in [2.45, 2.75) is 6.92 Å². The van der Waals surface area contributed by atoms with Crippen molar-refractivity contribution in [1.82, 2.24) is 0 Å². The predicted octanol–water partition coefficient (Wildman–Crippen LogP) is -0.158. The van der Waals surface area contributed by atoms with E-state index in [0.717, 1.165) is 0 Å². The van der Waals surface area contributed by atoms with E-state index in [-0.39, 0.29) is 62.2 Å². The molecule has 2 nitrogen and oxygen atoms in total. The number of carbonyl (C=O) groups excluding carboxylic acids is 2. The molecule has 42 valence electrons. The standard InChI is InChI=1S/C4H4O2.2U/c1-4(2-5)3-6;;/h4H,1H3;;/q-2;;. The van der Waals surface area contributed by atoms with Crippen molar-refractivity contribution in [3.63, 3.8) is 0 Å². The molecule has 0 spiro atoms. The Morgan fingerprint density at radius 3 is 1.38 bits per heavy atom.